The predicted octanol–water partition coefficient (Wildman–Crippen LogP) is 0.553. The highest BCUT2D eigenvalue weighted by atomic mass is 16.2. The molecule has 0 spiro atoms. The number of carbonyl (C=O) groups excluding carboxylic acids is 2. The molecule has 0 radical (unpaired) electrons. The number of rotatable bonds is 3. The summed E-state index contributed by atoms with van der Waals surface area (Å²) in [4.78, 5) is 26.7. The second kappa shape index (κ2) is 5.26. The average molecular weight is 257 g/mol. The fraction of sp³-hybridized carbons (Fsp3) is 0.0769. The van der Waals surface area contributed by atoms with E-state index in [0.717, 1.165) is 0 Å². The topological polar surface area (TPSA) is 89.0 Å². The van der Waals surface area contributed by atoms with E-state index in [0.29, 0.717) is 12.0 Å². The van der Waals surface area contributed by atoms with Gasteiger partial charge in [-0.25, -0.2) is 9.55 Å². The molecule has 6 heteroatoms. The highest BCUT2D eigenvalue weighted by molar-refractivity contribution is 6.05. The number of nitrogens with one attached hydrogen (secondary N) is 1. The van der Waals surface area contributed by atoms with Gasteiger partial charge in [0.05, 0.1) is 7.05 Å². The number of aldehydes is 1. The lowest BCUT2D eigenvalue weighted by Gasteiger charge is -2.06. The van der Waals surface area contributed by atoms with Gasteiger partial charge < -0.3 is 5.32 Å². The van der Waals surface area contributed by atoms with Crippen LogP contribution in [0.1, 0.15) is 21.0 Å². The van der Waals surface area contributed by atoms with Gasteiger partial charge in [0.15, 0.2) is 6.29 Å². The predicted molar refractivity (Wildman–Crippen MR) is 69.6 cm³/mol. The van der Waals surface area contributed by atoms with E-state index in [9.17, 15) is 9.59 Å². The number of nitrogen functional groups attached to an aromatic ring is 1. The molecule has 0 aliphatic rings. The van der Waals surface area contributed by atoms with Crippen LogP contribution in [0.4, 0.5) is 11.5 Å². The minimum absolute atomic E-state index is 0.0240. The molecule has 0 bridgehead atoms. The van der Waals surface area contributed by atoms with Gasteiger partial charge in [0.25, 0.3) is 5.91 Å². The lowest BCUT2D eigenvalue weighted by molar-refractivity contribution is -0.657. The van der Waals surface area contributed by atoms with Gasteiger partial charge in [-0.15, -0.1) is 0 Å². The summed E-state index contributed by atoms with van der Waals surface area (Å²) in [6, 6.07) is 8.94. The van der Waals surface area contributed by atoms with E-state index >= 15 is 0 Å². The fourth-order valence-electron chi connectivity index (χ4n) is 1.59. The number of para-hydroxylation sites is 1. The monoisotopic (exact) mass is 257 g/mol. The molecule has 6 nitrogen and oxygen atoms in total. The molecule has 0 aliphatic carbocycles. The fourth-order valence-corrected chi connectivity index (χ4v) is 1.59. The SMILES string of the molecule is C[n+]1cc(C=O)nc(C(=O)Nc2ccccc2)c1N. The standard InChI is InChI=1S/C13H12N4O2/c1-17-7-10(8-18)15-11(12(17)14)13(19)16-9-5-3-2-4-6-9/h2-8,14H,1H3,(H,16,19)/p+1. The van der Waals surface area contributed by atoms with Crippen molar-refractivity contribution in [2.24, 2.45) is 7.05 Å². The second-order valence-electron chi connectivity index (χ2n) is 3.95. The third-order valence-corrected chi connectivity index (χ3v) is 2.56. The summed E-state index contributed by atoms with van der Waals surface area (Å²) >= 11 is 0. The molecule has 96 valence electrons. The van der Waals surface area contributed by atoms with Crippen LogP contribution in [0, 0.1) is 0 Å². The molecule has 1 aromatic heterocycles. The quantitative estimate of drug-likeness (QED) is 0.621. The molecule has 0 saturated carbocycles. The number of benzene rings is 1. The van der Waals surface area contributed by atoms with Crippen LogP contribution in [-0.2, 0) is 7.05 Å². The molecular weight excluding hydrogens is 244 g/mol. The van der Waals surface area contributed by atoms with Crippen LogP contribution in [0.2, 0.25) is 0 Å². The highest BCUT2D eigenvalue weighted by Gasteiger charge is 2.20. The Bertz CT molecular complexity index is 626. The van der Waals surface area contributed by atoms with Gasteiger partial charge in [-0.1, -0.05) is 18.2 Å². The molecule has 0 fully saturated rings. The number of anilines is 2. The number of carbonyl (C=O) groups is 2. The van der Waals surface area contributed by atoms with Crippen LogP contribution in [-0.4, -0.2) is 17.2 Å². The van der Waals surface area contributed by atoms with E-state index in [1.54, 1.807) is 31.3 Å². The van der Waals surface area contributed by atoms with Crippen molar-refractivity contribution in [1.29, 1.82) is 0 Å². The Labute approximate surface area is 109 Å². The van der Waals surface area contributed by atoms with Gasteiger partial charge >= 0.3 is 5.82 Å². The van der Waals surface area contributed by atoms with E-state index in [1.807, 2.05) is 6.07 Å². The zero-order valence-electron chi connectivity index (χ0n) is 10.3. The number of aromatic nitrogens is 2. The third-order valence-electron chi connectivity index (χ3n) is 2.56. The molecule has 0 aliphatic heterocycles. The Hall–Kier alpha value is -2.76. The first-order valence-corrected chi connectivity index (χ1v) is 5.59. The van der Waals surface area contributed by atoms with E-state index < -0.39 is 5.91 Å². The van der Waals surface area contributed by atoms with E-state index in [-0.39, 0.29) is 17.2 Å². The average Bonchev–Trinajstić information content (AvgIpc) is 2.42. The maximum Gasteiger partial charge on any atom is 0.304 e. The Morgan fingerprint density at radius 2 is 2.05 bits per heavy atom. The van der Waals surface area contributed by atoms with Crippen molar-refractivity contribution in [3.05, 3.63) is 47.9 Å². The van der Waals surface area contributed by atoms with Gasteiger partial charge in [0.2, 0.25) is 5.69 Å². The van der Waals surface area contributed by atoms with E-state index in [4.69, 9.17) is 5.73 Å². The van der Waals surface area contributed by atoms with Gasteiger partial charge in [-0.2, -0.15) is 0 Å². The summed E-state index contributed by atoms with van der Waals surface area (Å²) in [6.45, 7) is 0. The molecule has 19 heavy (non-hydrogen) atoms. The van der Waals surface area contributed by atoms with Gasteiger partial charge in [-0.05, 0) is 12.1 Å². The third kappa shape index (κ3) is 2.74. The zero-order chi connectivity index (χ0) is 13.8. The first kappa shape index (κ1) is 12.7. The summed E-state index contributed by atoms with van der Waals surface area (Å²) in [5.74, 6) is -0.262. The molecule has 0 saturated heterocycles. The Kier molecular flexibility index (Phi) is 3.51. The van der Waals surface area contributed by atoms with E-state index in [1.165, 1.54) is 10.8 Å². The van der Waals surface area contributed by atoms with E-state index in [2.05, 4.69) is 10.3 Å². The van der Waals surface area contributed by atoms with Crippen LogP contribution in [0.5, 0.6) is 0 Å². The van der Waals surface area contributed by atoms with Crippen molar-refractivity contribution in [3.63, 3.8) is 0 Å². The Balaban J connectivity index is 2.33. The summed E-state index contributed by atoms with van der Waals surface area (Å²) in [5.41, 5.74) is 6.59. The van der Waals surface area contributed by atoms with Crippen LogP contribution in [0.25, 0.3) is 0 Å². The minimum atomic E-state index is -0.456. The number of nitrogens with two attached hydrogens (primary N) is 1. The molecular formula is C13H13N4O2+. The lowest BCUT2D eigenvalue weighted by atomic mass is 10.3. The van der Waals surface area contributed by atoms with Crippen molar-refractivity contribution in [3.8, 4) is 0 Å². The van der Waals surface area contributed by atoms with Crippen LogP contribution in [0.3, 0.4) is 0 Å². The minimum Gasteiger partial charge on any atom is -0.320 e. The molecule has 1 amide bonds. The van der Waals surface area contributed by atoms with Gasteiger partial charge in [0, 0.05) is 5.69 Å². The molecule has 0 unspecified atom stereocenters. The van der Waals surface area contributed by atoms with Crippen molar-refractivity contribution in [1.82, 2.24) is 4.98 Å². The highest BCUT2D eigenvalue weighted by Crippen LogP contribution is 2.09. The van der Waals surface area contributed by atoms with Crippen molar-refractivity contribution in [2.45, 2.75) is 0 Å². The number of nitrogens with zero attached hydrogens (tertiary/aromatic N) is 2. The maximum atomic E-state index is 12.1. The summed E-state index contributed by atoms with van der Waals surface area (Å²) < 4.78 is 1.48. The Morgan fingerprint density at radius 1 is 1.37 bits per heavy atom. The number of amides is 1. The molecule has 2 rings (SSSR count). The largest absolute Gasteiger partial charge is 0.320 e. The molecule has 3 N–H and O–H groups in total. The first-order chi connectivity index (χ1) is 9.11. The first-order valence-electron chi connectivity index (χ1n) is 5.59. The van der Waals surface area contributed by atoms with Crippen LogP contribution >= 0.6 is 0 Å². The van der Waals surface area contributed by atoms with Gasteiger partial charge in [-0.3, -0.25) is 15.3 Å². The molecule has 1 heterocycles. The van der Waals surface area contributed by atoms with Crippen molar-refractivity contribution in [2.75, 3.05) is 11.1 Å². The molecule has 1 aromatic carbocycles. The van der Waals surface area contributed by atoms with Crippen molar-refractivity contribution < 1.29 is 14.2 Å². The van der Waals surface area contributed by atoms with Crippen LogP contribution in [0.15, 0.2) is 36.5 Å². The Morgan fingerprint density at radius 3 is 2.68 bits per heavy atom. The molecule has 0 atom stereocenters. The number of hydrogen-bond acceptors (Lipinski definition) is 4. The van der Waals surface area contributed by atoms with Crippen LogP contribution < -0.4 is 15.6 Å². The number of aryl methyl sites for hydroxylation is 1. The van der Waals surface area contributed by atoms with Gasteiger partial charge in [0.1, 0.15) is 11.9 Å². The maximum absolute atomic E-state index is 12.1. The number of hydrogen-bond donors (Lipinski definition) is 2. The summed E-state index contributed by atoms with van der Waals surface area (Å²) in [7, 11) is 1.64. The summed E-state index contributed by atoms with van der Waals surface area (Å²) in [6.07, 6.45) is 2.03. The summed E-state index contributed by atoms with van der Waals surface area (Å²) in [5, 5.41) is 2.67. The zero-order valence-corrected chi connectivity index (χ0v) is 10.3. The smallest absolute Gasteiger partial charge is 0.304 e. The molecule has 2 aromatic rings. The normalized spacial score (nSPS) is 9.95. The lowest BCUT2D eigenvalue weighted by Crippen LogP contribution is -2.36. The second-order valence-corrected chi connectivity index (χ2v) is 3.95. The van der Waals surface area contributed by atoms with Crippen molar-refractivity contribution >= 4 is 23.7 Å².